The monoisotopic (exact) mass is 222 g/mol. The fraction of sp³-hybridized carbons (Fsp3) is 0.273. The quantitative estimate of drug-likeness (QED) is 0.591. The van der Waals surface area contributed by atoms with Crippen LogP contribution >= 0.6 is 15.9 Å². The van der Waals surface area contributed by atoms with E-state index in [1.807, 2.05) is 6.92 Å². The number of rotatable bonds is 0. The van der Waals surface area contributed by atoms with Gasteiger partial charge in [-0.25, -0.2) is 0 Å². The molecule has 0 aromatic heterocycles. The predicted molar refractivity (Wildman–Crippen MR) is 56.3 cm³/mol. The summed E-state index contributed by atoms with van der Waals surface area (Å²) in [5, 5.41) is 0. The van der Waals surface area contributed by atoms with Crippen molar-refractivity contribution in [3.63, 3.8) is 0 Å². The van der Waals surface area contributed by atoms with Crippen LogP contribution in [0, 0.1) is 33.1 Å². The molecule has 0 fully saturated rings. The van der Waals surface area contributed by atoms with E-state index in [0.717, 1.165) is 15.6 Å². The standard InChI is InChI=1S/C11H11Br/c1-5-10-7(2)6-11(12)9(4)8(10)3/h1,6H,2-4H3. The van der Waals surface area contributed by atoms with Gasteiger partial charge in [-0.3, -0.25) is 0 Å². The molecular formula is C11H11Br. The van der Waals surface area contributed by atoms with Gasteiger partial charge < -0.3 is 0 Å². The molecule has 0 saturated heterocycles. The van der Waals surface area contributed by atoms with Gasteiger partial charge in [-0.2, -0.15) is 0 Å². The van der Waals surface area contributed by atoms with E-state index in [0.29, 0.717) is 0 Å². The van der Waals surface area contributed by atoms with E-state index in [2.05, 4.69) is 41.8 Å². The lowest BCUT2D eigenvalue weighted by Crippen LogP contribution is -1.92. The number of benzene rings is 1. The van der Waals surface area contributed by atoms with Gasteiger partial charge in [-0.15, -0.1) is 6.42 Å². The van der Waals surface area contributed by atoms with Crippen LogP contribution in [0.3, 0.4) is 0 Å². The Labute approximate surface area is 82.1 Å². The number of terminal acetylenes is 1. The summed E-state index contributed by atoms with van der Waals surface area (Å²) in [7, 11) is 0. The van der Waals surface area contributed by atoms with Gasteiger partial charge in [0, 0.05) is 10.0 Å². The highest BCUT2D eigenvalue weighted by molar-refractivity contribution is 9.10. The van der Waals surface area contributed by atoms with Crippen LogP contribution in [0.2, 0.25) is 0 Å². The molecule has 0 aliphatic rings. The van der Waals surface area contributed by atoms with Crippen molar-refractivity contribution < 1.29 is 0 Å². The lowest BCUT2D eigenvalue weighted by molar-refractivity contribution is 1.25. The van der Waals surface area contributed by atoms with Crippen molar-refractivity contribution in [2.75, 3.05) is 0 Å². The molecule has 0 N–H and O–H groups in total. The Morgan fingerprint density at radius 1 is 1.25 bits per heavy atom. The molecule has 0 aliphatic heterocycles. The third-order valence-electron chi connectivity index (χ3n) is 2.18. The zero-order chi connectivity index (χ0) is 9.30. The van der Waals surface area contributed by atoms with E-state index in [1.165, 1.54) is 11.1 Å². The first-order valence-corrected chi connectivity index (χ1v) is 4.60. The summed E-state index contributed by atoms with van der Waals surface area (Å²) in [4.78, 5) is 0. The molecule has 0 amide bonds. The highest BCUT2D eigenvalue weighted by Crippen LogP contribution is 2.24. The molecule has 0 radical (unpaired) electrons. The predicted octanol–water partition coefficient (Wildman–Crippen LogP) is 3.36. The van der Waals surface area contributed by atoms with Crippen LogP contribution in [0.1, 0.15) is 22.3 Å². The van der Waals surface area contributed by atoms with Crippen LogP contribution in [0.15, 0.2) is 10.5 Å². The van der Waals surface area contributed by atoms with Crippen molar-refractivity contribution in [3.8, 4) is 12.3 Å². The average molecular weight is 223 g/mol. The number of hydrogen-bond acceptors (Lipinski definition) is 0. The maximum Gasteiger partial charge on any atom is 0.0304 e. The van der Waals surface area contributed by atoms with Crippen LogP contribution in [0.4, 0.5) is 0 Å². The fourth-order valence-corrected chi connectivity index (χ4v) is 1.90. The molecule has 1 heteroatoms. The Morgan fingerprint density at radius 3 is 2.33 bits per heavy atom. The lowest BCUT2D eigenvalue weighted by Gasteiger charge is -2.08. The second-order valence-electron chi connectivity index (χ2n) is 2.94. The van der Waals surface area contributed by atoms with Gasteiger partial charge >= 0.3 is 0 Å². The smallest absolute Gasteiger partial charge is 0.0304 e. The van der Waals surface area contributed by atoms with Crippen LogP contribution in [0.5, 0.6) is 0 Å². The van der Waals surface area contributed by atoms with Crippen LogP contribution < -0.4 is 0 Å². The van der Waals surface area contributed by atoms with E-state index < -0.39 is 0 Å². The van der Waals surface area contributed by atoms with Crippen molar-refractivity contribution in [2.45, 2.75) is 20.8 Å². The van der Waals surface area contributed by atoms with Gasteiger partial charge in [-0.1, -0.05) is 21.9 Å². The molecule has 1 aromatic rings. The summed E-state index contributed by atoms with van der Waals surface area (Å²) in [6.07, 6.45) is 5.41. The number of hydrogen-bond donors (Lipinski definition) is 0. The van der Waals surface area contributed by atoms with Crippen LogP contribution in [-0.2, 0) is 0 Å². The van der Waals surface area contributed by atoms with Gasteiger partial charge in [0.05, 0.1) is 0 Å². The SMILES string of the molecule is C#Cc1c(C)cc(Br)c(C)c1C. The Bertz CT molecular complexity index is 356. The molecule has 0 saturated carbocycles. The summed E-state index contributed by atoms with van der Waals surface area (Å²) in [6.45, 7) is 6.16. The molecule has 1 aromatic carbocycles. The molecule has 1 rings (SSSR count). The van der Waals surface area contributed by atoms with Gasteiger partial charge in [0.2, 0.25) is 0 Å². The minimum atomic E-state index is 1.02. The van der Waals surface area contributed by atoms with Crippen molar-refractivity contribution >= 4 is 15.9 Å². The lowest BCUT2D eigenvalue weighted by atomic mass is 9.99. The zero-order valence-corrected chi connectivity index (χ0v) is 9.12. The van der Waals surface area contributed by atoms with Gasteiger partial charge in [-0.05, 0) is 43.5 Å². The first kappa shape index (κ1) is 9.35. The van der Waals surface area contributed by atoms with Crippen LogP contribution in [0.25, 0.3) is 0 Å². The molecule has 0 aliphatic carbocycles. The molecular weight excluding hydrogens is 212 g/mol. The van der Waals surface area contributed by atoms with Gasteiger partial charge in [0.1, 0.15) is 0 Å². The minimum absolute atomic E-state index is 1.02. The molecule has 0 nitrogen and oxygen atoms in total. The van der Waals surface area contributed by atoms with Crippen LogP contribution in [-0.4, -0.2) is 0 Å². The summed E-state index contributed by atoms with van der Waals surface area (Å²) in [5.74, 6) is 2.71. The van der Waals surface area contributed by atoms with E-state index in [1.54, 1.807) is 0 Å². The molecule has 0 spiro atoms. The summed E-state index contributed by atoms with van der Waals surface area (Å²) >= 11 is 3.49. The van der Waals surface area contributed by atoms with Gasteiger partial charge in [0.15, 0.2) is 0 Å². The molecule has 0 atom stereocenters. The normalized spacial score (nSPS) is 9.58. The molecule has 62 valence electrons. The minimum Gasteiger partial charge on any atom is -0.115 e. The highest BCUT2D eigenvalue weighted by atomic mass is 79.9. The number of aryl methyl sites for hydroxylation is 1. The van der Waals surface area contributed by atoms with Crippen molar-refractivity contribution in [1.29, 1.82) is 0 Å². The highest BCUT2D eigenvalue weighted by Gasteiger charge is 2.05. The Morgan fingerprint density at radius 2 is 1.83 bits per heavy atom. The first-order chi connectivity index (χ1) is 5.57. The second kappa shape index (κ2) is 3.33. The van der Waals surface area contributed by atoms with E-state index in [4.69, 9.17) is 6.42 Å². The molecule has 0 heterocycles. The molecule has 0 unspecified atom stereocenters. The topological polar surface area (TPSA) is 0 Å². The second-order valence-corrected chi connectivity index (χ2v) is 3.80. The zero-order valence-electron chi connectivity index (χ0n) is 7.53. The summed E-state index contributed by atoms with van der Waals surface area (Å²) in [6, 6.07) is 2.07. The summed E-state index contributed by atoms with van der Waals surface area (Å²) < 4.78 is 1.14. The Balaban J connectivity index is 3.54. The Kier molecular flexibility index (Phi) is 2.59. The Hall–Kier alpha value is -0.740. The average Bonchev–Trinajstić information content (AvgIpc) is 2.01. The largest absolute Gasteiger partial charge is 0.115 e. The summed E-state index contributed by atoms with van der Waals surface area (Å²) in [5.41, 5.74) is 4.61. The molecule has 0 bridgehead atoms. The third kappa shape index (κ3) is 1.40. The van der Waals surface area contributed by atoms with E-state index in [9.17, 15) is 0 Å². The van der Waals surface area contributed by atoms with Crippen molar-refractivity contribution in [1.82, 2.24) is 0 Å². The third-order valence-corrected chi connectivity index (χ3v) is 3.00. The van der Waals surface area contributed by atoms with Crippen molar-refractivity contribution in [2.24, 2.45) is 0 Å². The molecule has 12 heavy (non-hydrogen) atoms. The van der Waals surface area contributed by atoms with Crippen molar-refractivity contribution in [3.05, 3.63) is 32.8 Å². The van der Waals surface area contributed by atoms with E-state index >= 15 is 0 Å². The maximum atomic E-state index is 5.41. The maximum absolute atomic E-state index is 5.41. The van der Waals surface area contributed by atoms with Gasteiger partial charge in [0.25, 0.3) is 0 Å². The van der Waals surface area contributed by atoms with E-state index in [-0.39, 0.29) is 0 Å². The fourth-order valence-electron chi connectivity index (χ4n) is 1.25. The first-order valence-electron chi connectivity index (χ1n) is 3.81. The number of halogens is 1.